The third kappa shape index (κ3) is 5.14. The minimum Gasteiger partial charge on any atom is -0.507 e. The predicted molar refractivity (Wildman–Crippen MR) is 87.7 cm³/mol. The van der Waals surface area contributed by atoms with Crippen molar-refractivity contribution in [2.45, 2.75) is 25.7 Å². The number of unbranched alkanes of at least 4 members (excludes halogenated alkanes) is 1. The highest BCUT2D eigenvalue weighted by molar-refractivity contribution is 6.06. The van der Waals surface area contributed by atoms with Crippen LogP contribution in [0, 0.1) is 0 Å². The lowest BCUT2D eigenvalue weighted by Crippen LogP contribution is -2.12. The quantitative estimate of drug-likeness (QED) is 0.683. The molecule has 0 heterocycles. The number of amides is 1. The summed E-state index contributed by atoms with van der Waals surface area (Å²) in [6.45, 7) is 0. The molecule has 3 N–H and O–H groups in total. The zero-order valence-corrected chi connectivity index (χ0v) is 12.7. The summed E-state index contributed by atoms with van der Waals surface area (Å²) in [4.78, 5) is 22.6. The van der Waals surface area contributed by atoms with Crippen molar-refractivity contribution in [3.8, 4) is 5.75 Å². The Morgan fingerprint density at radius 3 is 2.52 bits per heavy atom. The Hall–Kier alpha value is -2.82. The summed E-state index contributed by atoms with van der Waals surface area (Å²) in [6.07, 6.45) is 2.34. The molecule has 0 bridgehead atoms. The number of hydrogen-bond acceptors (Lipinski definition) is 3. The lowest BCUT2D eigenvalue weighted by atomic mass is 10.1. The Labute approximate surface area is 134 Å². The van der Waals surface area contributed by atoms with Gasteiger partial charge in [-0.05, 0) is 49.1 Å². The van der Waals surface area contributed by atoms with Crippen LogP contribution in [-0.2, 0) is 11.2 Å². The third-order valence-corrected chi connectivity index (χ3v) is 3.44. The van der Waals surface area contributed by atoms with Gasteiger partial charge in [0, 0.05) is 12.1 Å². The van der Waals surface area contributed by atoms with Crippen LogP contribution in [0.25, 0.3) is 0 Å². The third-order valence-electron chi connectivity index (χ3n) is 3.44. The van der Waals surface area contributed by atoms with E-state index >= 15 is 0 Å². The molecule has 120 valence electrons. The summed E-state index contributed by atoms with van der Waals surface area (Å²) < 4.78 is 0. The van der Waals surface area contributed by atoms with Crippen LogP contribution in [0.1, 0.15) is 35.2 Å². The van der Waals surface area contributed by atoms with Crippen molar-refractivity contribution in [3.63, 3.8) is 0 Å². The maximum Gasteiger partial charge on any atom is 0.303 e. The molecule has 0 fully saturated rings. The van der Waals surface area contributed by atoms with Gasteiger partial charge in [0.15, 0.2) is 0 Å². The molecule has 0 atom stereocenters. The average molecular weight is 313 g/mol. The van der Waals surface area contributed by atoms with E-state index in [1.54, 1.807) is 24.3 Å². The van der Waals surface area contributed by atoms with Crippen molar-refractivity contribution in [1.82, 2.24) is 0 Å². The largest absolute Gasteiger partial charge is 0.507 e. The van der Waals surface area contributed by atoms with E-state index in [9.17, 15) is 14.7 Å². The number of anilines is 1. The van der Waals surface area contributed by atoms with Gasteiger partial charge in [0.1, 0.15) is 5.75 Å². The summed E-state index contributed by atoms with van der Waals surface area (Å²) in [5.74, 6) is -1.21. The maximum atomic E-state index is 12.1. The number of benzene rings is 2. The number of nitrogens with one attached hydrogen (secondary N) is 1. The summed E-state index contributed by atoms with van der Waals surface area (Å²) in [6, 6.07) is 13.8. The molecule has 0 saturated carbocycles. The first-order valence-electron chi connectivity index (χ1n) is 7.46. The number of phenols is 1. The molecule has 2 rings (SSSR count). The van der Waals surface area contributed by atoms with Crippen molar-refractivity contribution in [2.75, 3.05) is 5.32 Å². The molecule has 0 aromatic heterocycles. The minimum absolute atomic E-state index is 0.0603. The Morgan fingerprint density at radius 2 is 1.78 bits per heavy atom. The maximum absolute atomic E-state index is 12.1. The average Bonchev–Trinajstić information content (AvgIpc) is 2.52. The van der Waals surface area contributed by atoms with Crippen LogP contribution in [0.5, 0.6) is 5.75 Å². The van der Waals surface area contributed by atoms with Gasteiger partial charge in [-0.2, -0.15) is 0 Å². The van der Waals surface area contributed by atoms with E-state index in [1.165, 1.54) is 6.07 Å². The fourth-order valence-corrected chi connectivity index (χ4v) is 2.27. The highest BCUT2D eigenvalue weighted by Crippen LogP contribution is 2.19. The Balaban J connectivity index is 1.96. The molecule has 5 nitrogen and oxygen atoms in total. The Kier molecular flexibility index (Phi) is 5.74. The van der Waals surface area contributed by atoms with Crippen molar-refractivity contribution in [3.05, 3.63) is 59.7 Å². The van der Waals surface area contributed by atoms with Gasteiger partial charge in [-0.25, -0.2) is 0 Å². The van der Waals surface area contributed by atoms with Crippen LogP contribution >= 0.6 is 0 Å². The first-order valence-corrected chi connectivity index (χ1v) is 7.46. The van der Waals surface area contributed by atoms with Crippen molar-refractivity contribution in [2.24, 2.45) is 0 Å². The lowest BCUT2D eigenvalue weighted by Gasteiger charge is -2.08. The standard InChI is InChI=1S/C18H19NO4/c20-16-10-3-2-9-15(16)18(23)19-14-8-5-7-13(12-14)6-1-4-11-17(21)22/h2-3,5,7-10,12,20H,1,4,6,11H2,(H,19,23)(H,21,22). The van der Waals surface area contributed by atoms with Crippen LogP contribution in [0.3, 0.4) is 0 Å². The number of rotatable bonds is 7. The number of carbonyl (C=O) groups is 2. The normalized spacial score (nSPS) is 10.3. The summed E-state index contributed by atoms with van der Waals surface area (Å²) >= 11 is 0. The van der Waals surface area contributed by atoms with E-state index < -0.39 is 5.97 Å². The van der Waals surface area contributed by atoms with Crippen LogP contribution in [0.15, 0.2) is 48.5 Å². The lowest BCUT2D eigenvalue weighted by molar-refractivity contribution is -0.137. The number of phenolic OH excluding ortho intramolecular Hbond substituents is 1. The molecule has 5 heteroatoms. The highest BCUT2D eigenvalue weighted by atomic mass is 16.4. The van der Waals surface area contributed by atoms with E-state index in [1.807, 2.05) is 18.2 Å². The molecule has 2 aromatic rings. The van der Waals surface area contributed by atoms with E-state index in [0.29, 0.717) is 12.1 Å². The number of carboxylic acids is 1. The van der Waals surface area contributed by atoms with Gasteiger partial charge in [0.25, 0.3) is 5.91 Å². The van der Waals surface area contributed by atoms with Gasteiger partial charge < -0.3 is 15.5 Å². The predicted octanol–water partition coefficient (Wildman–Crippen LogP) is 3.44. The van der Waals surface area contributed by atoms with Crippen molar-refractivity contribution in [1.29, 1.82) is 0 Å². The molecular formula is C18H19NO4. The monoisotopic (exact) mass is 313 g/mol. The van der Waals surface area contributed by atoms with Gasteiger partial charge in [-0.3, -0.25) is 9.59 Å². The molecule has 2 aromatic carbocycles. The van der Waals surface area contributed by atoms with E-state index in [4.69, 9.17) is 5.11 Å². The highest BCUT2D eigenvalue weighted by Gasteiger charge is 2.10. The Morgan fingerprint density at radius 1 is 1.00 bits per heavy atom. The minimum atomic E-state index is -0.784. The van der Waals surface area contributed by atoms with Gasteiger partial charge in [0.05, 0.1) is 5.56 Å². The second kappa shape index (κ2) is 7.98. The number of aliphatic carboxylic acids is 1. The zero-order valence-electron chi connectivity index (χ0n) is 12.7. The van der Waals surface area contributed by atoms with Crippen molar-refractivity contribution >= 4 is 17.6 Å². The molecule has 1 amide bonds. The molecule has 23 heavy (non-hydrogen) atoms. The number of aryl methyl sites for hydroxylation is 1. The zero-order chi connectivity index (χ0) is 16.7. The van der Waals surface area contributed by atoms with Crippen LogP contribution in [0.4, 0.5) is 5.69 Å². The number of para-hydroxylation sites is 1. The second-order valence-electron chi connectivity index (χ2n) is 5.27. The smallest absolute Gasteiger partial charge is 0.303 e. The molecule has 0 saturated heterocycles. The van der Waals surface area contributed by atoms with Gasteiger partial charge in [-0.15, -0.1) is 0 Å². The second-order valence-corrected chi connectivity index (χ2v) is 5.27. The summed E-state index contributed by atoms with van der Waals surface area (Å²) in [5, 5.41) is 21.1. The number of carboxylic acid groups (broad SMARTS) is 1. The van der Waals surface area contributed by atoms with Gasteiger partial charge >= 0.3 is 5.97 Å². The molecule has 0 aliphatic heterocycles. The van der Waals surface area contributed by atoms with E-state index in [-0.39, 0.29) is 23.6 Å². The van der Waals surface area contributed by atoms with Gasteiger partial charge in [-0.1, -0.05) is 24.3 Å². The topological polar surface area (TPSA) is 86.6 Å². The summed E-state index contributed by atoms with van der Waals surface area (Å²) in [7, 11) is 0. The molecule has 0 spiro atoms. The SMILES string of the molecule is O=C(O)CCCCc1cccc(NC(=O)c2ccccc2O)c1. The molecular weight excluding hydrogens is 294 g/mol. The van der Waals surface area contributed by atoms with Gasteiger partial charge in [0.2, 0.25) is 0 Å². The fourth-order valence-electron chi connectivity index (χ4n) is 2.27. The first kappa shape index (κ1) is 16.5. The van der Waals surface area contributed by atoms with E-state index in [2.05, 4.69) is 5.32 Å². The van der Waals surface area contributed by atoms with Crippen LogP contribution in [-0.4, -0.2) is 22.1 Å². The molecule has 0 radical (unpaired) electrons. The molecule has 0 aliphatic rings. The van der Waals surface area contributed by atoms with Crippen molar-refractivity contribution < 1.29 is 19.8 Å². The Bertz CT molecular complexity index is 697. The number of hydrogen-bond donors (Lipinski definition) is 3. The van der Waals surface area contributed by atoms with Crippen LogP contribution in [0.2, 0.25) is 0 Å². The number of carbonyl (C=O) groups excluding carboxylic acids is 1. The number of aromatic hydroxyl groups is 1. The molecule has 0 unspecified atom stereocenters. The molecule has 0 aliphatic carbocycles. The van der Waals surface area contributed by atoms with Crippen LogP contribution < -0.4 is 5.32 Å². The summed E-state index contributed by atoms with van der Waals surface area (Å²) in [5.41, 5.74) is 1.90. The fraction of sp³-hybridized carbons (Fsp3) is 0.222. The first-order chi connectivity index (χ1) is 11.1. The van der Waals surface area contributed by atoms with E-state index in [0.717, 1.165) is 18.4 Å².